The SMILES string of the molecule is NC(=O)c1ccnc(-c2ccc(-c3ccccc3)cc2)c1. The van der Waals surface area contributed by atoms with Crippen molar-refractivity contribution >= 4 is 5.91 Å². The van der Waals surface area contributed by atoms with Gasteiger partial charge < -0.3 is 5.73 Å². The molecule has 0 saturated carbocycles. The van der Waals surface area contributed by atoms with Crippen molar-refractivity contribution in [3.63, 3.8) is 0 Å². The molecule has 0 fully saturated rings. The van der Waals surface area contributed by atoms with E-state index in [1.807, 2.05) is 42.5 Å². The summed E-state index contributed by atoms with van der Waals surface area (Å²) >= 11 is 0. The maximum absolute atomic E-state index is 11.2. The van der Waals surface area contributed by atoms with Crippen molar-refractivity contribution in [3.8, 4) is 22.4 Å². The number of aromatic nitrogens is 1. The molecule has 3 nitrogen and oxygen atoms in total. The summed E-state index contributed by atoms with van der Waals surface area (Å²) in [6.07, 6.45) is 1.60. The summed E-state index contributed by atoms with van der Waals surface area (Å²) in [6, 6.07) is 21.6. The van der Waals surface area contributed by atoms with E-state index >= 15 is 0 Å². The van der Waals surface area contributed by atoms with Gasteiger partial charge in [-0.3, -0.25) is 9.78 Å². The van der Waals surface area contributed by atoms with Crippen LogP contribution in [-0.4, -0.2) is 10.9 Å². The molecular weight excluding hydrogens is 260 g/mol. The second-order valence-corrected chi connectivity index (χ2v) is 4.74. The number of hydrogen-bond donors (Lipinski definition) is 1. The summed E-state index contributed by atoms with van der Waals surface area (Å²) in [5.41, 5.74) is 9.77. The number of carbonyl (C=O) groups is 1. The molecule has 1 aromatic heterocycles. The van der Waals surface area contributed by atoms with Gasteiger partial charge in [0, 0.05) is 17.3 Å². The van der Waals surface area contributed by atoms with Crippen molar-refractivity contribution in [2.24, 2.45) is 5.73 Å². The largest absolute Gasteiger partial charge is 0.366 e. The molecule has 0 spiro atoms. The van der Waals surface area contributed by atoms with E-state index in [1.165, 1.54) is 5.56 Å². The molecule has 0 aliphatic carbocycles. The summed E-state index contributed by atoms with van der Waals surface area (Å²) in [7, 11) is 0. The summed E-state index contributed by atoms with van der Waals surface area (Å²) in [5, 5.41) is 0. The van der Waals surface area contributed by atoms with Crippen LogP contribution in [0.25, 0.3) is 22.4 Å². The third-order valence-corrected chi connectivity index (χ3v) is 3.33. The predicted octanol–water partition coefficient (Wildman–Crippen LogP) is 3.51. The molecule has 2 aromatic carbocycles. The standard InChI is InChI=1S/C18H14N2O/c19-18(21)16-10-11-20-17(12-16)15-8-6-14(7-9-15)13-4-2-1-3-5-13/h1-12H,(H2,19,21). The highest BCUT2D eigenvalue weighted by molar-refractivity contribution is 5.93. The van der Waals surface area contributed by atoms with E-state index in [0.717, 1.165) is 16.8 Å². The maximum Gasteiger partial charge on any atom is 0.248 e. The highest BCUT2D eigenvalue weighted by atomic mass is 16.1. The Hall–Kier alpha value is -2.94. The van der Waals surface area contributed by atoms with E-state index in [-0.39, 0.29) is 0 Å². The zero-order valence-corrected chi connectivity index (χ0v) is 11.4. The number of primary amides is 1. The van der Waals surface area contributed by atoms with Crippen molar-refractivity contribution < 1.29 is 4.79 Å². The number of carbonyl (C=O) groups excluding carboxylic acids is 1. The lowest BCUT2D eigenvalue weighted by molar-refractivity contribution is 0.1000. The van der Waals surface area contributed by atoms with Gasteiger partial charge in [-0.15, -0.1) is 0 Å². The number of rotatable bonds is 3. The van der Waals surface area contributed by atoms with E-state index in [0.29, 0.717) is 5.56 Å². The Labute approximate surface area is 123 Å². The van der Waals surface area contributed by atoms with Crippen molar-refractivity contribution in [3.05, 3.63) is 78.5 Å². The van der Waals surface area contributed by atoms with Crippen LogP contribution in [0.2, 0.25) is 0 Å². The van der Waals surface area contributed by atoms with Crippen molar-refractivity contribution in [2.45, 2.75) is 0 Å². The lowest BCUT2D eigenvalue weighted by atomic mass is 10.0. The highest BCUT2D eigenvalue weighted by Gasteiger charge is 2.05. The first-order chi connectivity index (χ1) is 10.2. The maximum atomic E-state index is 11.2. The smallest absolute Gasteiger partial charge is 0.248 e. The fraction of sp³-hybridized carbons (Fsp3) is 0. The summed E-state index contributed by atoms with van der Waals surface area (Å²) in [5.74, 6) is -0.445. The van der Waals surface area contributed by atoms with E-state index in [9.17, 15) is 4.79 Å². The fourth-order valence-electron chi connectivity index (χ4n) is 2.21. The monoisotopic (exact) mass is 274 g/mol. The Morgan fingerprint density at radius 1 is 0.810 bits per heavy atom. The minimum Gasteiger partial charge on any atom is -0.366 e. The van der Waals surface area contributed by atoms with Crippen molar-refractivity contribution in [2.75, 3.05) is 0 Å². The second kappa shape index (κ2) is 5.59. The average molecular weight is 274 g/mol. The normalized spacial score (nSPS) is 10.3. The predicted molar refractivity (Wildman–Crippen MR) is 83.6 cm³/mol. The molecule has 0 unspecified atom stereocenters. The number of nitrogens with zero attached hydrogens (tertiary/aromatic N) is 1. The van der Waals surface area contributed by atoms with Gasteiger partial charge in [0.1, 0.15) is 0 Å². The molecule has 3 aromatic rings. The Balaban J connectivity index is 1.94. The first kappa shape index (κ1) is 13.1. The molecule has 2 N–H and O–H groups in total. The van der Waals surface area contributed by atoms with E-state index in [1.54, 1.807) is 18.3 Å². The number of nitrogens with two attached hydrogens (primary N) is 1. The zero-order chi connectivity index (χ0) is 14.7. The van der Waals surface area contributed by atoms with E-state index in [4.69, 9.17) is 5.73 Å². The lowest BCUT2D eigenvalue weighted by Crippen LogP contribution is -2.10. The van der Waals surface area contributed by atoms with Crippen LogP contribution >= 0.6 is 0 Å². The van der Waals surface area contributed by atoms with Gasteiger partial charge in [0.2, 0.25) is 5.91 Å². The van der Waals surface area contributed by atoms with Gasteiger partial charge in [0.05, 0.1) is 5.69 Å². The van der Waals surface area contributed by atoms with Crippen LogP contribution in [0.3, 0.4) is 0 Å². The summed E-state index contributed by atoms with van der Waals surface area (Å²) < 4.78 is 0. The molecule has 0 bridgehead atoms. The Kier molecular flexibility index (Phi) is 3.48. The average Bonchev–Trinajstić information content (AvgIpc) is 2.56. The first-order valence-corrected chi connectivity index (χ1v) is 6.66. The van der Waals surface area contributed by atoms with Gasteiger partial charge in [-0.25, -0.2) is 0 Å². The molecule has 1 amide bonds. The molecule has 3 heteroatoms. The molecule has 0 aliphatic rings. The van der Waals surface area contributed by atoms with Crippen LogP contribution in [0.1, 0.15) is 10.4 Å². The van der Waals surface area contributed by atoms with Crippen LogP contribution in [-0.2, 0) is 0 Å². The zero-order valence-electron chi connectivity index (χ0n) is 11.4. The van der Waals surface area contributed by atoms with E-state index < -0.39 is 5.91 Å². The fourth-order valence-corrected chi connectivity index (χ4v) is 2.21. The molecule has 0 saturated heterocycles. The third-order valence-electron chi connectivity index (χ3n) is 3.33. The minimum absolute atomic E-state index is 0.445. The molecule has 1 heterocycles. The highest BCUT2D eigenvalue weighted by Crippen LogP contribution is 2.23. The number of benzene rings is 2. The van der Waals surface area contributed by atoms with Gasteiger partial charge >= 0.3 is 0 Å². The van der Waals surface area contributed by atoms with Gasteiger partial charge in [-0.2, -0.15) is 0 Å². The molecule has 0 radical (unpaired) electrons. The van der Waals surface area contributed by atoms with Gasteiger partial charge in [-0.05, 0) is 23.3 Å². The van der Waals surface area contributed by atoms with Crippen LogP contribution < -0.4 is 5.73 Å². The number of pyridine rings is 1. The lowest BCUT2D eigenvalue weighted by Gasteiger charge is -2.05. The quantitative estimate of drug-likeness (QED) is 0.794. The summed E-state index contributed by atoms with van der Waals surface area (Å²) in [6.45, 7) is 0. The molecular formula is C18H14N2O. The Morgan fingerprint density at radius 3 is 2.10 bits per heavy atom. The first-order valence-electron chi connectivity index (χ1n) is 6.66. The van der Waals surface area contributed by atoms with Gasteiger partial charge in [0.15, 0.2) is 0 Å². The topological polar surface area (TPSA) is 56.0 Å². The minimum atomic E-state index is -0.445. The van der Waals surface area contributed by atoms with E-state index in [2.05, 4.69) is 17.1 Å². The summed E-state index contributed by atoms with van der Waals surface area (Å²) in [4.78, 5) is 15.5. The van der Waals surface area contributed by atoms with Crippen LogP contribution in [0.5, 0.6) is 0 Å². The Bertz CT molecular complexity index is 765. The van der Waals surface area contributed by atoms with Gasteiger partial charge in [0.25, 0.3) is 0 Å². The van der Waals surface area contributed by atoms with Crippen molar-refractivity contribution in [1.82, 2.24) is 4.98 Å². The van der Waals surface area contributed by atoms with Crippen molar-refractivity contribution in [1.29, 1.82) is 0 Å². The number of hydrogen-bond acceptors (Lipinski definition) is 2. The van der Waals surface area contributed by atoms with Crippen LogP contribution in [0.4, 0.5) is 0 Å². The molecule has 0 aliphatic heterocycles. The number of amides is 1. The van der Waals surface area contributed by atoms with Crippen LogP contribution in [0.15, 0.2) is 72.9 Å². The molecule has 21 heavy (non-hydrogen) atoms. The molecule has 3 rings (SSSR count). The molecule has 102 valence electrons. The third kappa shape index (κ3) is 2.82. The second-order valence-electron chi connectivity index (χ2n) is 4.74. The van der Waals surface area contributed by atoms with Crippen LogP contribution in [0, 0.1) is 0 Å². The molecule has 0 atom stereocenters. The Morgan fingerprint density at radius 2 is 1.43 bits per heavy atom. The van der Waals surface area contributed by atoms with Gasteiger partial charge in [-0.1, -0.05) is 54.6 Å².